The summed E-state index contributed by atoms with van der Waals surface area (Å²) in [6.07, 6.45) is 41.5. The zero-order valence-electron chi connectivity index (χ0n) is 34.6. The van der Waals surface area contributed by atoms with Crippen LogP contribution >= 0.6 is 31.9 Å². The SMILES string of the molecule is CCCCCCCCC(CCCCCCCC)Cc1ccc2cc3c(Br)c(CC(CCCCCCCC)CCCCCCCC)c(Br)cc3cc2c1. The second-order valence-corrected chi connectivity index (χ2v) is 18.4. The quantitative estimate of drug-likeness (QED) is 0.0434. The first-order chi connectivity index (χ1) is 25.5. The summed E-state index contributed by atoms with van der Waals surface area (Å²) in [6, 6.07) is 14.8. The van der Waals surface area contributed by atoms with Crippen LogP contribution in [0, 0.1) is 11.8 Å². The highest BCUT2D eigenvalue weighted by Gasteiger charge is 2.18. The molecule has 0 unspecified atom stereocenters. The Bertz CT molecular complexity index is 1310. The van der Waals surface area contributed by atoms with Crippen LogP contribution in [0.25, 0.3) is 21.5 Å². The molecule has 0 saturated carbocycles. The van der Waals surface area contributed by atoms with Crippen molar-refractivity contribution < 1.29 is 0 Å². The van der Waals surface area contributed by atoms with E-state index in [0.29, 0.717) is 0 Å². The Morgan fingerprint density at radius 1 is 0.404 bits per heavy atom. The molecule has 0 heterocycles. The highest BCUT2D eigenvalue weighted by Crippen LogP contribution is 2.39. The molecule has 3 rings (SSSR count). The van der Waals surface area contributed by atoms with E-state index in [2.05, 4.69) is 96.0 Å². The Morgan fingerprint density at radius 3 is 1.29 bits per heavy atom. The number of hydrogen-bond donors (Lipinski definition) is 0. The Labute approximate surface area is 340 Å². The third-order valence-electron chi connectivity index (χ3n) is 12.0. The molecule has 0 fully saturated rings. The molecule has 0 spiro atoms. The fourth-order valence-corrected chi connectivity index (χ4v) is 10.2. The summed E-state index contributed by atoms with van der Waals surface area (Å²) in [5.74, 6) is 1.59. The maximum atomic E-state index is 4.17. The van der Waals surface area contributed by atoms with Crippen molar-refractivity contribution in [1.29, 1.82) is 0 Å². The van der Waals surface area contributed by atoms with Crippen LogP contribution in [0.1, 0.15) is 219 Å². The lowest BCUT2D eigenvalue weighted by Gasteiger charge is -2.20. The smallest absolute Gasteiger partial charge is 0.0297 e. The van der Waals surface area contributed by atoms with Crippen LogP contribution in [0.2, 0.25) is 0 Å². The molecule has 0 N–H and O–H groups in total. The van der Waals surface area contributed by atoms with Gasteiger partial charge < -0.3 is 0 Å². The minimum absolute atomic E-state index is 0.769. The first kappa shape index (κ1) is 45.5. The summed E-state index contributed by atoms with van der Waals surface area (Å²) in [5.41, 5.74) is 3.02. The third kappa shape index (κ3) is 17.7. The van der Waals surface area contributed by atoms with E-state index < -0.39 is 0 Å². The maximum Gasteiger partial charge on any atom is 0.0297 e. The van der Waals surface area contributed by atoms with Gasteiger partial charge in [0.05, 0.1) is 0 Å². The first-order valence-corrected chi connectivity index (χ1v) is 24.4. The standard InChI is InChI=1S/C50H80Br2/c1-5-9-13-17-21-25-29-41(30-26-22-18-14-10-6-2)35-43-33-34-44-39-47-46(38-45(44)36-43)40-49(51)48(50(47)52)37-42(31-27-23-19-15-11-7-3)32-28-24-20-16-12-8-4/h33-34,36,38-42H,5-32,35,37H2,1-4H3. The van der Waals surface area contributed by atoms with Crippen molar-refractivity contribution in [3.63, 3.8) is 0 Å². The second kappa shape index (κ2) is 28.5. The van der Waals surface area contributed by atoms with Crippen molar-refractivity contribution in [3.05, 3.63) is 56.5 Å². The molecule has 0 amide bonds. The molecule has 3 aromatic rings. The van der Waals surface area contributed by atoms with Gasteiger partial charge in [0.1, 0.15) is 0 Å². The van der Waals surface area contributed by atoms with E-state index >= 15 is 0 Å². The Hall–Kier alpha value is -0.860. The summed E-state index contributed by atoms with van der Waals surface area (Å²) in [5, 5.41) is 5.51. The van der Waals surface area contributed by atoms with Gasteiger partial charge in [0, 0.05) is 8.95 Å². The molecule has 0 aliphatic carbocycles. The van der Waals surface area contributed by atoms with Crippen molar-refractivity contribution in [2.75, 3.05) is 0 Å². The lowest BCUT2D eigenvalue weighted by molar-refractivity contribution is 0.400. The van der Waals surface area contributed by atoms with Gasteiger partial charge in [-0.2, -0.15) is 0 Å². The van der Waals surface area contributed by atoms with Gasteiger partial charge in [-0.25, -0.2) is 0 Å². The topological polar surface area (TPSA) is 0 Å². The Kier molecular flexibility index (Phi) is 25.0. The highest BCUT2D eigenvalue weighted by atomic mass is 79.9. The van der Waals surface area contributed by atoms with Crippen LogP contribution < -0.4 is 0 Å². The van der Waals surface area contributed by atoms with Crippen molar-refractivity contribution in [3.8, 4) is 0 Å². The van der Waals surface area contributed by atoms with Gasteiger partial charge in [-0.05, 0) is 91.5 Å². The third-order valence-corrected chi connectivity index (χ3v) is 13.6. The van der Waals surface area contributed by atoms with E-state index in [9.17, 15) is 0 Å². The van der Waals surface area contributed by atoms with Crippen molar-refractivity contribution in [2.45, 2.75) is 220 Å². The van der Waals surface area contributed by atoms with Crippen LogP contribution in [-0.2, 0) is 12.8 Å². The fourth-order valence-electron chi connectivity index (χ4n) is 8.65. The Morgan fingerprint density at radius 2 is 0.827 bits per heavy atom. The van der Waals surface area contributed by atoms with Gasteiger partial charge in [-0.3, -0.25) is 0 Å². The van der Waals surface area contributed by atoms with Crippen LogP contribution in [0.4, 0.5) is 0 Å². The molecule has 2 heteroatoms. The molecular formula is C50H80Br2. The fraction of sp³-hybridized carbons (Fsp3) is 0.720. The minimum Gasteiger partial charge on any atom is -0.0654 e. The van der Waals surface area contributed by atoms with Crippen molar-refractivity contribution in [1.82, 2.24) is 0 Å². The first-order valence-electron chi connectivity index (χ1n) is 22.8. The predicted molar refractivity (Wildman–Crippen MR) is 243 cm³/mol. The lowest BCUT2D eigenvalue weighted by atomic mass is 9.87. The van der Waals surface area contributed by atoms with Crippen LogP contribution in [0.3, 0.4) is 0 Å². The molecule has 52 heavy (non-hydrogen) atoms. The number of halogens is 2. The molecule has 0 radical (unpaired) electrons. The van der Waals surface area contributed by atoms with E-state index in [1.54, 1.807) is 0 Å². The van der Waals surface area contributed by atoms with Gasteiger partial charge in [-0.1, -0.05) is 242 Å². The van der Waals surface area contributed by atoms with E-state index in [0.717, 1.165) is 11.8 Å². The van der Waals surface area contributed by atoms with Gasteiger partial charge in [0.25, 0.3) is 0 Å². The molecule has 0 aromatic heterocycles. The molecule has 0 nitrogen and oxygen atoms in total. The average molecular weight is 841 g/mol. The van der Waals surface area contributed by atoms with Crippen LogP contribution in [0.15, 0.2) is 45.3 Å². The van der Waals surface area contributed by atoms with Crippen molar-refractivity contribution in [2.24, 2.45) is 11.8 Å². The summed E-state index contributed by atoms with van der Waals surface area (Å²) >= 11 is 8.26. The van der Waals surface area contributed by atoms with Crippen LogP contribution in [0.5, 0.6) is 0 Å². The molecule has 0 atom stereocenters. The average Bonchev–Trinajstić information content (AvgIpc) is 3.14. The van der Waals surface area contributed by atoms with Gasteiger partial charge in [0.2, 0.25) is 0 Å². The second-order valence-electron chi connectivity index (χ2n) is 16.8. The lowest BCUT2D eigenvalue weighted by Crippen LogP contribution is -2.07. The number of rotatable bonds is 32. The van der Waals surface area contributed by atoms with Gasteiger partial charge in [-0.15, -0.1) is 0 Å². The normalized spacial score (nSPS) is 12.0. The van der Waals surface area contributed by atoms with Gasteiger partial charge in [0.15, 0.2) is 0 Å². The number of hydrogen-bond acceptors (Lipinski definition) is 0. The number of fused-ring (bicyclic) bond motifs is 2. The monoisotopic (exact) mass is 838 g/mol. The summed E-state index contributed by atoms with van der Waals surface area (Å²) in [4.78, 5) is 0. The largest absolute Gasteiger partial charge is 0.0654 e. The van der Waals surface area contributed by atoms with E-state index in [-0.39, 0.29) is 0 Å². The summed E-state index contributed by atoms with van der Waals surface area (Å²) in [7, 11) is 0. The number of benzene rings is 3. The van der Waals surface area contributed by atoms with E-state index in [1.165, 1.54) is 234 Å². The molecule has 0 bridgehead atoms. The zero-order chi connectivity index (χ0) is 37.2. The molecular weight excluding hydrogens is 760 g/mol. The molecule has 0 saturated heterocycles. The molecule has 294 valence electrons. The predicted octanol–water partition coefficient (Wildman–Crippen LogP) is 18.8. The zero-order valence-corrected chi connectivity index (χ0v) is 37.8. The van der Waals surface area contributed by atoms with E-state index in [1.807, 2.05) is 0 Å². The Balaban J connectivity index is 1.72. The molecule has 0 aliphatic heterocycles. The molecule has 3 aromatic carbocycles. The summed E-state index contributed by atoms with van der Waals surface area (Å²) < 4.78 is 2.60. The number of unbranched alkanes of at least 4 members (excludes halogenated alkanes) is 20. The minimum atomic E-state index is 0.769. The van der Waals surface area contributed by atoms with Crippen LogP contribution in [-0.4, -0.2) is 0 Å². The molecule has 0 aliphatic rings. The maximum absolute atomic E-state index is 4.17. The van der Waals surface area contributed by atoms with E-state index in [4.69, 9.17) is 0 Å². The van der Waals surface area contributed by atoms with Gasteiger partial charge >= 0.3 is 0 Å². The summed E-state index contributed by atoms with van der Waals surface area (Å²) in [6.45, 7) is 9.29. The van der Waals surface area contributed by atoms with Crippen molar-refractivity contribution >= 4 is 53.4 Å². The highest BCUT2D eigenvalue weighted by molar-refractivity contribution is 9.11.